The molecule has 0 aliphatic heterocycles. The van der Waals surface area contributed by atoms with Crippen molar-refractivity contribution >= 4 is 39.1 Å². The summed E-state index contributed by atoms with van der Waals surface area (Å²) in [6.45, 7) is 9.67. The lowest BCUT2D eigenvalue weighted by Crippen LogP contribution is -2.52. The Balaban J connectivity index is 2.07. The van der Waals surface area contributed by atoms with E-state index in [1.807, 2.05) is 40.7 Å². The number of sulfonamides is 1. The number of anilines is 1. The van der Waals surface area contributed by atoms with Crippen molar-refractivity contribution in [2.45, 2.75) is 71.4 Å². The lowest BCUT2D eigenvalue weighted by molar-refractivity contribution is -0.140. The molecule has 1 unspecified atom stereocenters. The minimum absolute atomic E-state index is 0.0883. The average Bonchev–Trinajstić information content (AvgIpc) is 2.94. The molecule has 0 spiro atoms. The van der Waals surface area contributed by atoms with Crippen molar-refractivity contribution in [1.82, 2.24) is 10.2 Å². The number of rotatable bonds is 13. The Morgan fingerprint density at radius 2 is 1.59 bits per heavy atom. The van der Waals surface area contributed by atoms with E-state index in [1.54, 1.807) is 60.7 Å². The molecule has 3 rings (SSSR count). The maximum absolute atomic E-state index is 14.2. The van der Waals surface area contributed by atoms with Gasteiger partial charge in [0.1, 0.15) is 12.6 Å². The van der Waals surface area contributed by atoms with E-state index in [1.165, 1.54) is 9.21 Å². The van der Waals surface area contributed by atoms with E-state index in [0.29, 0.717) is 23.7 Å². The predicted molar refractivity (Wildman–Crippen MR) is 166 cm³/mol. The Bertz CT molecular complexity index is 1440. The zero-order valence-corrected chi connectivity index (χ0v) is 26.1. The third kappa shape index (κ3) is 8.11. The summed E-state index contributed by atoms with van der Waals surface area (Å²) in [4.78, 5) is 29.0. The third-order valence-corrected chi connectivity index (χ3v) is 9.24. The van der Waals surface area contributed by atoms with E-state index in [-0.39, 0.29) is 17.3 Å². The summed E-state index contributed by atoms with van der Waals surface area (Å²) in [6.07, 6.45) is 2.11. The van der Waals surface area contributed by atoms with Gasteiger partial charge in [0.15, 0.2) is 0 Å². The maximum Gasteiger partial charge on any atom is 0.264 e. The van der Waals surface area contributed by atoms with E-state index in [0.717, 1.165) is 35.1 Å². The quantitative estimate of drug-likeness (QED) is 0.238. The molecule has 0 heterocycles. The van der Waals surface area contributed by atoms with Crippen LogP contribution < -0.4 is 9.62 Å². The van der Waals surface area contributed by atoms with Gasteiger partial charge in [-0.2, -0.15) is 0 Å². The van der Waals surface area contributed by atoms with Crippen molar-refractivity contribution in [1.29, 1.82) is 0 Å². The second-order valence-corrected chi connectivity index (χ2v) is 12.6. The fraction of sp³-hybridized carbons (Fsp3) is 0.375. The molecular weight excluding hydrogens is 558 g/mol. The SMILES string of the molecule is CCCCNC(=O)C(CC)N(Cc1ccc(Cl)cc1)C(=O)CN(c1cccc(C)c1C)S(=O)(=O)c1ccc(C)cc1. The van der Waals surface area contributed by atoms with Crippen LogP contribution in [-0.4, -0.2) is 44.3 Å². The first kappa shape index (κ1) is 32.2. The van der Waals surface area contributed by atoms with Gasteiger partial charge in [0.2, 0.25) is 11.8 Å². The van der Waals surface area contributed by atoms with Crippen LogP contribution in [0.1, 0.15) is 55.4 Å². The van der Waals surface area contributed by atoms with E-state index in [9.17, 15) is 18.0 Å². The number of halogens is 1. The zero-order valence-electron chi connectivity index (χ0n) is 24.5. The molecule has 3 aromatic rings. The second kappa shape index (κ2) is 14.5. The van der Waals surface area contributed by atoms with Crippen molar-refractivity contribution in [3.8, 4) is 0 Å². The molecule has 0 aliphatic rings. The number of carbonyl (C=O) groups is 2. The first-order chi connectivity index (χ1) is 19.5. The van der Waals surface area contributed by atoms with Crippen molar-refractivity contribution in [2.75, 3.05) is 17.4 Å². The van der Waals surface area contributed by atoms with Crippen LogP contribution >= 0.6 is 11.6 Å². The number of aryl methyl sites for hydroxylation is 2. The molecule has 0 fully saturated rings. The van der Waals surface area contributed by atoms with Crippen LogP contribution in [0.2, 0.25) is 5.02 Å². The molecule has 0 saturated carbocycles. The highest BCUT2D eigenvalue weighted by Gasteiger charge is 2.34. The van der Waals surface area contributed by atoms with Gasteiger partial charge < -0.3 is 10.2 Å². The van der Waals surface area contributed by atoms with Gasteiger partial charge in [0, 0.05) is 18.1 Å². The number of unbranched alkanes of at least 4 members (excludes halogenated alkanes) is 1. The number of carbonyl (C=O) groups excluding carboxylic acids is 2. The number of hydrogen-bond donors (Lipinski definition) is 1. The summed E-state index contributed by atoms with van der Waals surface area (Å²) in [5, 5.41) is 3.50. The van der Waals surface area contributed by atoms with Crippen molar-refractivity contribution < 1.29 is 18.0 Å². The van der Waals surface area contributed by atoms with Crippen LogP contribution in [0.4, 0.5) is 5.69 Å². The Morgan fingerprint density at radius 1 is 0.927 bits per heavy atom. The smallest absolute Gasteiger partial charge is 0.264 e. The topological polar surface area (TPSA) is 86.8 Å². The molecule has 41 heavy (non-hydrogen) atoms. The van der Waals surface area contributed by atoms with Crippen LogP contribution in [0.15, 0.2) is 71.6 Å². The van der Waals surface area contributed by atoms with Gasteiger partial charge >= 0.3 is 0 Å². The second-order valence-electron chi connectivity index (χ2n) is 10.3. The summed E-state index contributed by atoms with van der Waals surface area (Å²) >= 11 is 6.09. The minimum atomic E-state index is -4.12. The standard InChI is InChI=1S/C32H40ClN3O4S/c1-6-8-20-34-32(38)29(7-2)35(21-26-14-16-27(33)17-15-26)31(37)22-36(30-11-9-10-24(4)25(30)5)41(39,40)28-18-12-23(3)13-19-28/h9-19,29H,6-8,20-22H2,1-5H3,(H,34,38). The average molecular weight is 598 g/mol. The Kier molecular flexibility index (Phi) is 11.4. The molecule has 1 N–H and O–H groups in total. The molecular formula is C32H40ClN3O4S. The van der Waals surface area contributed by atoms with Crippen LogP contribution in [0.5, 0.6) is 0 Å². The van der Waals surface area contributed by atoms with E-state index < -0.39 is 28.5 Å². The van der Waals surface area contributed by atoms with Crippen molar-refractivity contribution in [3.63, 3.8) is 0 Å². The molecule has 0 aromatic heterocycles. The maximum atomic E-state index is 14.2. The lowest BCUT2D eigenvalue weighted by Gasteiger charge is -2.33. The predicted octanol–water partition coefficient (Wildman–Crippen LogP) is 6.18. The summed E-state index contributed by atoms with van der Waals surface area (Å²) in [5.41, 5.74) is 3.78. The number of amides is 2. The van der Waals surface area contributed by atoms with Gasteiger partial charge in [0.05, 0.1) is 10.6 Å². The molecule has 0 saturated heterocycles. The summed E-state index contributed by atoms with van der Waals surface area (Å²) < 4.78 is 29.3. The largest absolute Gasteiger partial charge is 0.354 e. The molecule has 2 amide bonds. The molecule has 220 valence electrons. The molecule has 7 nitrogen and oxygen atoms in total. The molecule has 1 atom stereocenters. The molecule has 0 radical (unpaired) electrons. The zero-order chi connectivity index (χ0) is 30.2. The normalized spacial score (nSPS) is 12.0. The number of hydrogen-bond acceptors (Lipinski definition) is 4. The summed E-state index contributed by atoms with van der Waals surface area (Å²) in [7, 11) is -4.12. The number of nitrogens with zero attached hydrogens (tertiary/aromatic N) is 2. The summed E-state index contributed by atoms with van der Waals surface area (Å²) in [5.74, 6) is -0.739. The van der Waals surface area contributed by atoms with Gasteiger partial charge in [-0.3, -0.25) is 13.9 Å². The van der Waals surface area contributed by atoms with Gasteiger partial charge in [-0.25, -0.2) is 8.42 Å². The first-order valence-corrected chi connectivity index (χ1v) is 15.8. The molecule has 9 heteroatoms. The monoisotopic (exact) mass is 597 g/mol. The molecule has 0 aliphatic carbocycles. The Hall–Kier alpha value is -3.36. The highest BCUT2D eigenvalue weighted by molar-refractivity contribution is 7.92. The number of nitrogens with one attached hydrogen (secondary N) is 1. The third-order valence-electron chi connectivity index (χ3n) is 7.21. The van der Waals surface area contributed by atoms with Crippen molar-refractivity contribution in [2.24, 2.45) is 0 Å². The Labute approximate surface area is 249 Å². The van der Waals surface area contributed by atoms with Gasteiger partial charge in [0.25, 0.3) is 10.0 Å². The van der Waals surface area contributed by atoms with Crippen LogP contribution in [0.25, 0.3) is 0 Å². The Morgan fingerprint density at radius 3 is 2.20 bits per heavy atom. The first-order valence-electron chi connectivity index (χ1n) is 14.0. The van der Waals surface area contributed by atoms with Gasteiger partial charge in [-0.1, -0.05) is 73.8 Å². The molecule has 0 bridgehead atoms. The lowest BCUT2D eigenvalue weighted by atomic mass is 10.1. The van der Waals surface area contributed by atoms with E-state index >= 15 is 0 Å². The van der Waals surface area contributed by atoms with Gasteiger partial charge in [-0.05, 0) is 80.6 Å². The fourth-order valence-electron chi connectivity index (χ4n) is 4.57. The van der Waals surface area contributed by atoms with Crippen molar-refractivity contribution in [3.05, 3.63) is 94.0 Å². The highest BCUT2D eigenvalue weighted by atomic mass is 35.5. The van der Waals surface area contributed by atoms with E-state index in [4.69, 9.17) is 11.6 Å². The summed E-state index contributed by atoms with van der Waals surface area (Å²) in [6, 6.07) is 18.2. The number of benzene rings is 3. The minimum Gasteiger partial charge on any atom is -0.354 e. The van der Waals surface area contributed by atoms with E-state index in [2.05, 4.69) is 5.32 Å². The fourth-order valence-corrected chi connectivity index (χ4v) is 6.17. The highest BCUT2D eigenvalue weighted by Crippen LogP contribution is 2.29. The van der Waals surface area contributed by atoms with Crippen LogP contribution in [0, 0.1) is 20.8 Å². The molecule has 3 aromatic carbocycles. The van der Waals surface area contributed by atoms with Crippen LogP contribution in [0.3, 0.4) is 0 Å². The van der Waals surface area contributed by atoms with Crippen LogP contribution in [-0.2, 0) is 26.2 Å². The van der Waals surface area contributed by atoms with Gasteiger partial charge in [-0.15, -0.1) is 0 Å².